The Morgan fingerprint density at radius 1 is 1.55 bits per heavy atom. The number of nitrogens with two attached hydrogens (primary N) is 1. The Morgan fingerprint density at radius 3 is 3.00 bits per heavy atom. The summed E-state index contributed by atoms with van der Waals surface area (Å²) in [5.74, 6) is -0.0267. The van der Waals surface area contributed by atoms with Gasteiger partial charge in [-0.1, -0.05) is 12.1 Å². The molecule has 0 amide bonds. The van der Waals surface area contributed by atoms with Gasteiger partial charge in [0.2, 0.25) is 0 Å². The number of likely N-dealkylation sites (tertiary alicyclic amines) is 1. The van der Waals surface area contributed by atoms with E-state index < -0.39 is 11.5 Å². The molecule has 0 radical (unpaired) electrons. The zero-order valence-corrected chi connectivity index (χ0v) is 11.8. The van der Waals surface area contributed by atoms with Crippen LogP contribution in [-0.2, 0) is 4.79 Å². The maximum Gasteiger partial charge on any atom is 0.325 e. The summed E-state index contributed by atoms with van der Waals surface area (Å²) in [5.41, 5.74) is 5.94. The van der Waals surface area contributed by atoms with E-state index in [0.29, 0.717) is 19.6 Å². The number of nitrogens with zero attached hydrogens (tertiary/aromatic N) is 1. The molecule has 0 saturated carbocycles. The number of rotatable bonds is 6. The van der Waals surface area contributed by atoms with Gasteiger partial charge in [-0.2, -0.15) is 0 Å². The van der Waals surface area contributed by atoms with E-state index in [1.54, 1.807) is 0 Å². The van der Waals surface area contributed by atoms with E-state index in [1.807, 2.05) is 31.2 Å². The average Bonchev–Trinajstić information content (AvgIpc) is 2.78. The minimum Gasteiger partial charge on any atom is -0.494 e. The highest BCUT2D eigenvalue weighted by Crippen LogP contribution is 2.19. The molecule has 1 aromatic rings. The Bertz CT molecular complexity index is 478. The van der Waals surface area contributed by atoms with Crippen molar-refractivity contribution in [3.05, 3.63) is 29.8 Å². The SMILES string of the molecule is Cc1cccc(OCCCN2CCC(N)(C(=O)O)C2)c1. The largest absolute Gasteiger partial charge is 0.494 e. The summed E-state index contributed by atoms with van der Waals surface area (Å²) in [5, 5.41) is 9.06. The first-order valence-corrected chi connectivity index (χ1v) is 6.94. The average molecular weight is 278 g/mol. The van der Waals surface area contributed by atoms with E-state index >= 15 is 0 Å². The first-order chi connectivity index (χ1) is 9.49. The molecular weight excluding hydrogens is 256 g/mol. The van der Waals surface area contributed by atoms with E-state index in [4.69, 9.17) is 15.6 Å². The van der Waals surface area contributed by atoms with Crippen molar-refractivity contribution in [2.45, 2.75) is 25.3 Å². The van der Waals surface area contributed by atoms with Gasteiger partial charge in [-0.25, -0.2) is 0 Å². The smallest absolute Gasteiger partial charge is 0.325 e. The topological polar surface area (TPSA) is 75.8 Å². The normalized spacial score (nSPS) is 22.9. The summed E-state index contributed by atoms with van der Waals surface area (Å²) in [6.07, 6.45) is 1.38. The number of carboxylic acid groups (broad SMARTS) is 1. The van der Waals surface area contributed by atoms with E-state index in [9.17, 15) is 4.79 Å². The number of aryl methyl sites for hydroxylation is 1. The molecule has 0 spiro atoms. The highest BCUT2D eigenvalue weighted by molar-refractivity contribution is 5.79. The van der Waals surface area contributed by atoms with Gasteiger partial charge < -0.3 is 20.5 Å². The molecule has 0 aromatic heterocycles. The lowest BCUT2D eigenvalue weighted by atomic mass is 10.0. The molecule has 1 aliphatic heterocycles. The van der Waals surface area contributed by atoms with Crippen molar-refractivity contribution >= 4 is 5.97 Å². The maximum atomic E-state index is 11.0. The molecule has 1 saturated heterocycles. The van der Waals surface area contributed by atoms with Crippen molar-refractivity contribution in [3.63, 3.8) is 0 Å². The van der Waals surface area contributed by atoms with Gasteiger partial charge in [0.05, 0.1) is 6.61 Å². The van der Waals surface area contributed by atoms with Crippen molar-refractivity contribution in [1.29, 1.82) is 0 Å². The molecule has 5 nitrogen and oxygen atoms in total. The van der Waals surface area contributed by atoms with Crippen LogP contribution < -0.4 is 10.5 Å². The number of hydrogen-bond donors (Lipinski definition) is 2. The van der Waals surface area contributed by atoms with E-state index in [1.165, 1.54) is 5.56 Å². The van der Waals surface area contributed by atoms with Crippen molar-refractivity contribution in [3.8, 4) is 5.75 Å². The lowest BCUT2D eigenvalue weighted by Crippen LogP contribution is -2.50. The monoisotopic (exact) mass is 278 g/mol. The maximum absolute atomic E-state index is 11.0. The van der Waals surface area contributed by atoms with Gasteiger partial charge in [-0.05, 0) is 37.5 Å². The van der Waals surface area contributed by atoms with Gasteiger partial charge in [0, 0.05) is 19.6 Å². The van der Waals surface area contributed by atoms with Crippen molar-refractivity contribution in [2.75, 3.05) is 26.2 Å². The lowest BCUT2D eigenvalue weighted by molar-refractivity contribution is -0.142. The number of carbonyl (C=O) groups is 1. The highest BCUT2D eigenvalue weighted by atomic mass is 16.5. The molecular formula is C15H22N2O3. The Hall–Kier alpha value is -1.59. The van der Waals surface area contributed by atoms with Crippen LogP contribution in [0.25, 0.3) is 0 Å². The van der Waals surface area contributed by atoms with Crippen LogP contribution in [0.1, 0.15) is 18.4 Å². The Morgan fingerprint density at radius 2 is 2.35 bits per heavy atom. The number of hydrogen-bond acceptors (Lipinski definition) is 4. The van der Waals surface area contributed by atoms with Crippen LogP contribution in [0.15, 0.2) is 24.3 Å². The van der Waals surface area contributed by atoms with Crippen molar-refractivity contribution in [2.24, 2.45) is 5.73 Å². The molecule has 2 rings (SSSR count). The van der Waals surface area contributed by atoms with E-state index in [2.05, 4.69) is 4.90 Å². The van der Waals surface area contributed by atoms with E-state index in [-0.39, 0.29) is 0 Å². The van der Waals surface area contributed by atoms with Crippen LogP contribution >= 0.6 is 0 Å². The fourth-order valence-corrected chi connectivity index (χ4v) is 2.46. The molecule has 0 bridgehead atoms. The standard InChI is InChI=1S/C15H22N2O3/c1-12-4-2-5-13(10-12)20-9-3-7-17-8-6-15(16,11-17)14(18)19/h2,4-5,10H,3,6-9,11,16H2,1H3,(H,18,19). The predicted molar refractivity (Wildman–Crippen MR) is 76.9 cm³/mol. The van der Waals surface area contributed by atoms with Crippen LogP contribution in [0, 0.1) is 6.92 Å². The Kier molecular flexibility index (Phi) is 4.62. The lowest BCUT2D eigenvalue weighted by Gasteiger charge is -2.20. The zero-order chi connectivity index (χ0) is 14.6. The van der Waals surface area contributed by atoms with Gasteiger partial charge >= 0.3 is 5.97 Å². The second kappa shape index (κ2) is 6.24. The molecule has 1 unspecified atom stereocenters. The van der Waals surface area contributed by atoms with Gasteiger partial charge in [0.25, 0.3) is 0 Å². The fraction of sp³-hybridized carbons (Fsp3) is 0.533. The third-order valence-electron chi connectivity index (χ3n) is 3.68. The summed E-state index contributed by atoms with van der Waals surface area (Å²) >= 11 is 0. The number of benzene rings is 1. The third-order valence-corrected chi connectivity index (χ3v) is 3.68. The number of aliphatic carboxylic acids is 1. The molecule has 0 aliphatic carbocycles. The van der Waals surface area contributed by atoms with Crippen LogP contribution in [0.5, 0.6) is 5.75 Å². The van der Waals surface area contributed by atoms with Crippen LogP contribution in [0.3, 0.4) is 0 Å². The molecule has 1 aliphatic rings. The molecule has 1 aromatic carbocycles. The van der Waals surface area contributed by atoms with Gasteiger partial charge in [0.1, 0.15) is 11.3 Å². The van der Waals surface area contributed by atoms with Gasteiger partial charge in [-0.15, -0.1) is 0 Å². The van der Waals surface area contributed by atoms with Crippen LogP contribution in [0.2, 0.25) is 0 Å². The summed E-state index contributed by atoms with van der Waals surface area (Å²) in [6, 6.07) is 7.95. The van der Waals surface area contributed by atoms with Gasteiger partial charge in [-0.3, -0.25) is 4.79 Å². The zero-order valence-electron chi connectivity index (χ0n) is 11.8. The highest BCUT2D eigenvalue weighted by Gasteiger charge is 2.40. The van der Waals surface area contributed by atoms with Gasteiger partial charge in [0.15, 0.2) is 0 Å². The molecule has 110 valence electrons. The molecule has 5 heteroatoms. The number of ether oxygens (including phenoxy) is 1. The van der Waals surface area contributed by atoms with Crippen LogP contribution in [0.4, 0.5) is 0 Å². The molecule has 1 heterocycles. The third kappa shape index (κ3) is 3.71. The first-order valence-electron chi connectivity index (χ1n) is 6.94. The molecule has 3 N–H and O–H groups in total. The van der Waals surface area contributed by atoms with E-state index in [0.717, 1.165) is 25.3 Å². The predicted octanol–water partition coefficient (Wildman–Crippen LogP) is 1.25. The molecule has 20 heavy (non-hydrogen) atoms. The summed E-state index contributed by atoms with van der Waals surface area (Å²) in [7, 11) is 0. The van der Waals surface area contributed by atoms with Crippen molar-refractivity contribution in [1.82, 2.24) is 4.90 Å². The summed E-state index contributed by atoms with van der Waals surface area (Å²) in [6.45, 7) is 4.65. The second-order valence-corrected chi connectivity index (χ2v) is 5.51. The quantitative estimate of drug-likeness (QED) is 0.766. The Labute approximate surface area is 119 Å². The van der Waals surface area contributed by atoms with Crippen LogP contribution in [-0.4, -0.2) is 47.8 Å². The Balaban J connectivity index is 1.69. The number of carboxylic acids is 1. The van der Waals surface area contributed by atoms with Crippen molar-refractivity contribution < 1.29 is 14.6 Å². The second-order valence-electron chi connectivity index (χ2n) is 5.51. The molecule has 1 atom stereocenters. The minimum absolute atomic E-state index is 0.423. The first kappa shape index (κ1) is 14.8. The fourth-order valence-electron chi connectivity index (χ4n) is 2.46. The minimum atomic E-state index is -1.07. The summed E-state index contributed by atoms with van der Waals surface area (Å²) in [4.78, 5) is 13.1. The molecule has 1 fully saturated rings. The summed E-state index contributed by atoms with van der Waals surface area (Å²) < 4.78 is 5.67.